The highest BCUT2D eigenvalue weighted by molar-refractivity contribution is 9.10. The lowest BCUT2D eigenvalue weighted by Gasteiger charge is -2.07. The van der Waals surface area contributed by atoms with Crippen LogP contribution in [0.3, 0.4) is 0 Å². The number of rotatable bonds is 5. The molecular formula is C14H18BrN3O. The Kier molecular flexibility index (Phi) is 4.71. The minimum atomic E-state index is 0.0739. The van der Waals surface area contributed by atoms with Gasteiger partial charge in [-0.2, -0.15) is 0 Å². The predicted molar refractivity (Wildman–Crippen MR) is 78.9 cm³/mol. The summed E-state index contributed by atoms with van der Waals surface area (Å²) in [5.41, 5.74) is 2.09. The molecule has 1 unspecified atom stereocenters. The molecule has 102 valence electrons. The van der Waals surface area contributed by atoms with Crippen LogP contribution in [0, 0.1) is 6.92 Å². The van der Waals surface area contributed by atoms with Crippen molar-refractivity contribution >= 4 is 15.9 Å². The van der Waals surface area contributed by atoms with E-state index in [0.29, 0.717) is 11.8 Å². The number of halogens is 1. The van der Waals surface area contributed by atoms with Gasteiger partial charge in [-0.05, 0) is 54.9 Å². The molecule has 0 aliphatic rings. The van der Waals surface area contributed by atoms with E-state index in [0.717, 1.165) is 28.6 Å². The summed E-state index contributed by atoms with van der Waals surface area (Å²) in [4.78, 5) is 0. The molecule has 1 N–H and O–H groups in total. The Labute approximate surface area is 121 Å². The summed E-state index contributed by atoms with van der Waals surface area (Å²) in [7, 11) is 0. The van der Waals surface area contributed by atoms with E-state index in [1.807, 2.05) is 32.0 Å². The summed E-state index contributed by atoms with van der Waals surface area (Å²) in [5, 5.41) is 11.6. The fourth-order valence-corrected chi connectivity index (χ4v) is 2.19. The summed E-state index contributed by atoms with van der Waals surface area (Å²) in [5.74, 6) is 1.17. The lowest BCUT2D eigenvalue weighted by molar-refractivity contribution is 0.423. The van der Waals surface area contributed by atoms with Crippen LogP contribution in [0.25, 0.3) is 11.5 Å². The maximum Gasteiger partial charge on any atom is 0.248 e. The Morgan fingerprint density at radius 3 is 2.89 bits per heavy atom. The van der Waals surface area contributed by atoms with E-state index in [9.17, 15) is 0 Å². The van der Waals surface area contributed by atoms with E-state index in [1.165, 1.54) is 0 Å². The van der Waals surface area contributed by atoms with Crippen LogP contribution in [0.5, 0.6) is 0 Å². The lowest BCUT2D eigenvalue weighted by Crippen LogP contribution is -2.19. The highest BCUT2D eigenvalue weighted by Crippen LogP contribution is 2.29. The van der Waals surface area contributed by atoms with Gasteiger partial charge in [0.05, 0.1) is 11.6 Å². The maximum atomic E-state index is 5.75. The zero-order valence-electron chi connectivity index (χ0n) is 11.4. The van der Waals surface area contributed by atoms with Gasteiger partial charge in [0.15, 0.2) is 0 Å². The topological polar surface area (TPSA) is 51.0 Å². The zero-order chi connectivity index (χ0) is 13.8. The van der Waals surface area contributed by atoms with Crippen LogP contribution in [0.15, 0.2) is 27.1 Å². The molecule has 0 aliphatic heterocycles. The molecule has 5 heteroatoms. The van der Waals surface area contributed by atoms with E-state index in [4.69, 9.17) is 4.42 Å². The minimum absolute atomic E-state index is 0.0739. The summed E-state index contributed by atoms with van der Waals surface area (Å²) in [6.45, 7) is 7.13. The summed E-state index contributed by atoms with van der Waals surface area (Å²) >= 11 is 3.51. The van der Waals surface area contributed by atoms with Crippen molar-refractivity contribution in [3.63, 3.8) is 0 Å². The van der Waals surface area contributed by atoms with Gasteiger partial charge >= 0.3 is 0 Å². The van der Waals surface area contributed by atoms with Crippen molar-refractivity contribution in [2.75, 3.05) is 6.54 Å². The average Bonchev–Trinajstić information content (AvgIpc) is 2.88. The smallest absolute Gasteiger partial charge is 0.248 e. The van der Waals surface area contributed by atoms with Gasteiger partial charge in [-0.15, -0.1) is 10.2 Å². The normalized spacial score (nSPS) is 12.6. The average molecular weight is 324 g/mol. The molecule has 0 radical (unpaired) electrons. The monoisotopic (exact) mass is 323 g/mol. The van der Waals surface area contributed by atoms with Crippen molar-refractivity contribution in [3.8, 4) is 11.5 Å². The van der Waals surface area contributed by atoms with Crippen molar-refractivity contribution in [1.82, 2.24) is 15.5 Å². The van der Waals surface area contributed by atoms with Crippen molar-refractivity contribution in [3.05, 3.63) is 34.1 Å². The van der Waals surface area contributed by atoms with Crippen molar-refractivity contribution < 1.29 is 4.42 Å². The molecular weight excluding hydrogens is 306 g/mol. The van der Waals surface area contributed by atoms with Crippen molar-refractivity contribution in [2.45, 2.75) is 33.2 Å². The summed E-state index contributed by atoms with van der Waals surface area (Å²) in [6.07, 6.45) is 1.08. The van der Waals surface area contributed by atoms with E-state index in [2.05, 4.69) is 38.4 Å². The molecule has 0 bridgehead atoms. The number of hydrogen-bond acceptors (Lipinski definition) is 4. The van der Waals surface area contributed by atoms with E-state index < -0.39 is 0 Å². The van der Waals surface area contributed by atoms with Gasteiger partial charge in [0.1, 0.15) is 0 Å². The van der Waals surface area contributed by atoms with Crippen LogP contribution in [0.4, 0.5) is 0 Å². The molecule has 0 fully saturated rings. The number of hydrogen-bond donors (Lipinski definition) is 1. The minimum Gasteiger partial charge on any atom is -0.419 e. The third-order valence-corrected chi connectivity index (χ3v) is 3.56. The van der Waals surface area contributed by atoms with Gasteiger partial charge in [0.2, 0.25) is 11.8 Å². The third-order valence-electron chi connectivity index (χ3n) is 2.86. The van der Waals surface area contributed by atoms with Crippen LogP contribution < -0.4 is 5.32 Å². The SMILES string of the molecule is CCCNC(C)c1nnc(-c2cc(C)ccc2Br)o1. The Morgan fingerprint density at radius 2 is 2.16 bits per heavy atom. The molecule has 0 spiro atoms. The predicted octanol–water partition coefficient (Wildman–Crippen LogP) is 3.87. The van der Waals surface area contributed by atoms with E-state index in [1.54, 1.807) is 0 Å². The second-order valence-corrected chi connectivity index (χ2v) is 5.46. The lowest BCUT2D eigenvalue weighted by atomic mass is 10.1. The first kappa shape index (κ1) is 14.2. The van der Waals surface area contributed by atoms with E-state index in [-0.39, 0.29) is 6.04 Å². The summed E-state index contributed by atoms with van der Waals surface area (Å²) < 4.78 is 6.71. The van der Waals surface area contributed by atoms with Gasteiger partial charge in [0, 0.05) is 4.47 Å². The number of benzene rings is 1. The maximum absolute atomic E-state index is 5.75. The molecule has 4 nitrogen and oxygen atoms in total. The highest BCUT2D eigenvalue weighted by atomic mass is 79.9. The molecule has 2 aromatic rings. The molecule has 0 saturated heterocycles. The Balaban J connectivity index is 2.23. The largest absolute Gasteiger partial charge is 0.419 e. The van der Waals surface area contributed by atoms with Gasteiger partial charge in [0.25, 0.3) is 0 Å². The quantitative estimate of drug-likeness (QED) is 0.907. The van der Waals surface area contributed by atoms with Gasteiger partial charge in [-0.3, -0.25) is 0 Å². The number of aryl methyl sites for hydroxylation is 1. The number of nitrogens with one attached hydrogen (secondary N) is 1. The Morgan fingerprint density at radius 1 is 1.37 bits per heavy atom. The number of nitrogens with zero attached hydrogens (tertiary/aromatic N) is 2. The standard InChI is InChI=1S/C14H18BrN3O/c1-4-7-16-10(3)13-17-18-14(19-13)11-8-9(2)5-6-12(11)15/h5-6,8,10,16H,4,7H2,1-3H3. The molecule has 1 atom stereocenters. The third kappa shape index (κ3) is 3.42. The first-order valence-electron chi connectivity index (χ1n) is 6.45. The highest BCUT2D eigenvalue weighted by Gasteiger charge is 2.15. The van der Waals surface area contributed by atoms with Gasteiger partial charge in [-0.25, -0.2) is 0 Å². The van der Waals surface area contributed by atoms with Gasteiger partial charge < -0.3 is 9.73 Å². The van der Waals surface area contributed by atoms with Crippen LogP contribution >= 0.6 is 15.9 Å². The van der Waals surface area contributed by atoms with Crippen LogP contribution in [-0.4, -0.2) is 16.7 Å². The molecule has 0 amide bonds. The van der Waals surface area contributed by atoms with Crippen molar-refractivity contribution in [2.24, 2.45) is 0 Å². The number of aromatic nitrogens is 2. The van der Waals surface area contributed by atoms with E-state index >= 15 is 0 Å². The molecule has 19 heavy (non-hydrogen) atoms. The Bertz CT molecular complexity index is 553. The molecule has 2 rings (SSSR count). The first-order valence-corrected chi connectivity index (χ1v) is 7.24. The fraction of sp³-hybridized carbons (Fsp3) is 0.429. The van der Waals surface area contributed by atoms with Crippen LogP contribution in [0.1, 0.15) is 37.8 Å². The molecule has 1 heterocycles. The first-order chi connectivity index (χ1) is 9.11. The molecule has 0 saturated carbocycles. The van der Waals surface area contributed by atoms with Crippen LogP contribution in [0.2, 0.25) is 0 Å². The Hall–Kier alpha value is -1.20. The fourth-order valence-electron chi connectivity index (χ4n) is 1.77. The summed E-state index contributed by atoms with van der Waals surface area (Å²) in [6, 6.07) is 6.14. The van der Waals surface area contributed by atoms with Crippen molar-refractivity contribution in [1.29, 1.82) is 0 Å². The molecule has 1 aromatic carbocycles. The van der Waals surface area contributed by atoms with Crippen LogP contribution in [-0.2, 0) is 0 Å². The second-order valence-electron chi connectivity index (χ2n) is 4.60. The second kappa shape index (κ2) is 6.30. The van der Waals surface area contributed by atoms with Gasteiger partial charge in [-0.1, -0.05) is 18.6 Å². The molecule has 0 aliphatic carbocycles. The molecule has 1 aromatic heterocycles. The zero-order valence-corrected chi connectivity index (χ0v) is 13.0.